The molecule has 0 saturated carbocycles. The van der Waals surface area contributed by atoms with Crippen LogP contribution in [0.5, 0.6) is 17.5 Å². The Kier molecular flexibility index (Phi) is 5.49. The van der Waals surface area contributed by atoms with Gasteiger partial charge in [-0.15, -0.1) is 0 Å². The lowest BCUT2D eigenvalue weighted by atomic mass is 9.98. The number of benzene rings is 1. The van der Waals surface area contributed by atoms with Crippen LogP contribution in [0.25, 0.3) is 0 Å². The summed E-state index contributed by atoms with van der Waals surface area (Å²) in [6.07, 6.45) is 1.56. The fourth-order valence-corrected chi connectivity index (χ4v) is 4.52. The number of hydrogen-bond donors (Lipinski definition) is 1. The maximum atomic E-state index is 15.2. The van der Waals surface area contributed by atoms with Crippen molar-refractivity contribution < 1.29 is 35.9 Å². The predicted octanol–water partition coefficient (Wildman–Crippen LogP) is 1.42. The monoisotopic (exact) mass is 472 g/mol. The average molecular weight is 472 g/mol. The van der Waals surface area contributed by atoms with Crippen molar-refractivity contribution >= 4 is 15.9 Å². The van der Waals surface area contributed by atoms with E-state index in [1.807, 2.05) is 4.72 Å². The highest BCUT2D eigenvalue weighted by molar-refractivity contribution is 7.88. The number of carbonyl (C=O) groups excluding carboxylic acids is 1. The molecule has 172 valence electrons. The largest absolute Gasteiger partial charge is 0.466 e. The van der Waals surface area contributed by atoms with Crippen LogP contribution in [0.15, 0.2) is 24.4 Å². The van der Waals surface area contributed by atoms with Gasteiger partial charge in [0, 0.05) is 0 Å². The van der Waals surface area contributed by atoms with Gasteiger partial charge in [0.2, 0.25) is 21.8 Å². The number of amides is 1. The van der Waals surface area contributed by atoms with Crippen LogP contribution >= 0.6 is 0 Å². The molecule has 0 aliphatic carbocycles. The topological polar surface area (TPSA) is 111 Å². The summed E-state index contributed by atoms with van der Waals surface area (Å²) in [7, 11) is -4.06. The zero-order valence-electron chi connectivity index (χ0n) is 17.0. The lowest BCUT2D eigenvalue weighted by Crippen LogP contribution is -2.52. The Morgan fingerprint density at radius 3 is 2.78 bits per heavy atom. The summed E-state index contributed by atoms with van der Waals surface area (Å²) in [5.41, 5.74) is 0.297. The van der Waals surface area contributed by atoms with E-state index in [0.717, 1.165) is 11.2 Å². The van der Waals surface area contributed by atoms with Gasteiger partial charge in [0.1, 0.15) is 11.7 Å². The first-order chi connectivity index (χ1) is 14.9. The van der Waals surface area contributed by atoms with Gasteiger partial charge < -0.3 is 14.4 Å². The van der Waals surface area contributed by atoms with Gasteiger partial charge in [-0.25, -0.2) is 26.3 Å². The van der Waals surface area contributed by atoms with Crippen LogP contribution in [0, 0.1) is 12.7 Å². The van der Waals surface area contributed by atoms with Crippen molar-refractivity contribution in [3.05, 3.63) is 41.5 Å². The summed E-state index contributed by atoms with van der Waals surface area (Å²) >= 11 is 0. The Labute approximate surface area is 181 Å². The van der Waals surface area contributed by atoms with E-state index in [4.69, 9.17) is 9.47 Å². The Morgan fingerprint density at radius 1 is 1.31 bits per heavy atom. The number of halogens is 3. The molecule has 1 amide bonds. The first-order valence-corrected chi connectivity index (χ1v) is 11.4. The molecule has 9 nitrogen and oxygen atoms in total. The number of hydrogen-bond acceptors (Lipinski definition) is 7. The van der Waals surface area contributed by atoms with E-state index >= 15 is 4.39 Å². The molecule has 2 aliphatic heterocycles. The summed E-state index contributed by atoms with van der Waals surface area (Å²) in [5, 5.41) is 0. The molecule has 2 atom stereocenters. The van der Waals surface area contributed by atoms with Crippen molar-refractivity contribution in [1.29, 1.82) is 0 Å². The molecule has 32 heavy (non-hydrogen) atoms. The smallest absolute Gasteiger partial charge is 0.283 e. The second-order valence-corrected chi connectivity index (χ2v) is 9.42. The van der Waals surface area contributed by atoms with Crippen LogP contribution < -0.4 is 14.2 Å². The molecule has 4 bridgehead atoms. The van der Waals surface area contributed by atoms with Crippen LogP contribution in [0.4, 0.5) is 13.2 Å². The molecule has 1 aromatic carbocycles. The van der Waals surface area contributed by atoms with E-state index < -0.39 is 52.9 Å². The zero-order valence-corrected chi connectivity index (χ0v) is 17.8. The minimum Gasteiger partial charge on any atom is -0.466 e. The molecule has 1 N–H and O–H groups in total. The third-order valence-corrected chi connectivity index (χ3v) is 5.88. The van der Waals surface area contributed by atoms with Gasteiger partial charge in [0.25, 0.3) is 11.8 Å². The van der Waals surface area contributed by atoms with Crippen LogP contribution in [0.1, 0.15) is 11.3 Å². The number of nitrogens with zero attached hydrogens (tertiary/aromatic N) is 3. The highest BCUT2D eigenvalue weighted by atomic mass is 32.2. The number of sulfonamides is 1. The van der Waals surface area contributed by atoms with E-state index in [9.17, 15) is 22.0 Å². The number of rotatable bonds is 2. The quantitative estimate of drug-likeness (QED) is 0.704. The number of aromatic nitrogens is 2. The molecule has 0 unspecified atom stereocenters. The molecule has 0 radical (unpaired) electrons. The molecule has 13 heteroatoms. The summed E-state index contributed by atoms with van der Waals surface area (Å²) in [5.74, 6) is -5.68. The SMILES string of the molecule is Cc1ncc2nc1Oc1cccc(c1F)C[C@H]1[C@@H](NS(C)(=O)=O)C(F)(F)CN1C(=O)CO2. The molecule has 0 spiro atoms. The van der Waals surface area contributed by atoms with Crippen molar-refractivity contribution in [1.82, 2.24) is 19.6 Å². The summed E-state index contributed by atoms with van der Waals surface area (Å²) in [6.45, 7) is -0.137. The van der Waals surface area contributed by atoms with Crippen molar-refractivity contribution in [2.45, 2.75) is 31.4 Å². The molecule has 2 aliphatic rings. The number of nitrogens with one attached hydrogen (secondary N) is 1. The molecule has 1 saturated heterocycles. The minimum atomic E-state index is -4.06. The fourth-order valence-electron chi connectivity index (χ4n) is 3.72. The molecule has 1 fully saturated rings. The number of fused-ring (bicyclic) bond motifs is 5. The van der Waals surface area contributed by atoms with Crippen molar-refractivity contribution in [2.24, 2.45) is 0 Å². The van der Waals surface area contributed by atoms with Crippen molar-refractivity contribution in [3.63, 3.8) is 0 Å². The van der Waals surface area contributed by atoms with Gasteiger partial charge in [-0.1, -0.05) is 12.1 Å². The summed E-state index contributed by atoms with van der Waals surface area (Å²) < 4.78 is 81.1. The molecular weight excluding hydrogens is 453 g/mol. The van der Waals surface area contributed by atoms with Crippen molar-refractivity contribution in [3.8, 4) is 17.5 Å². The Bertz CT molecular complexity index is 1180. The van der Waals surface area contributed by atoms with Crippen LogP contribution in [0.2, 0.25) is 0 Å². The maximum absolute atomic E-state index is 15.2. The number of ether oxygens (including phenoxy) is 2. The standard InChI is InChI=1S/C19H19F3N4O5S/c1-10-18-24-14(7-23-10)30-8-15(27)26-9-19(21,22)17(25-32(2,28)29)12(26)6-11-4-3-5-13(31-18)16(11)20/h3-5,7,12,17,25H,6,8-9H2,1-2H3/t12-,17+/m0/s1. The molecular formula is C19H19F3N4O5S. The number of alkyl halides is 2. The average Bonchev–Trinajstić information content (AvgIpc) is 2.94. The Hall–Kier alpha value is -2.93. The molecule has 2 aromatic rings. The third-order valence-electron chi connectivity index (χ3n) is 5.20. The van der Waals surface area contributed by atoms with Gasteiger partial charge in [0.15, 0.2) is 18.2 Å². The van der Waals surface area contributed by atoms with Gasteiger partial charge in [-0.3, -0.25) is 9.78 Å². The van der Waals surface area contributed by atoms with Crippen molar-refractivity contribution in [2.75, 3.05) is 19.4 Å². The number of aryl methyl sites for hydroxylation is 1. The Balaban J connectivity index is 1.82. The molecule has 1 aromatic heterocycles. The van der Waals surface area contributed by atoms with Gasteiger partial charge in [0.05, 0.1) is 25.0 Å². The van der Waals surface area contributed by atoms with E-state index in [0.29, 0.717) is 5.69 Å². The van der Waals surface area contributed by atoms with E-state index in [2.05, 4.69) is 9.97 Å². The minimum absolute atomic E-state index is 0.0368. The normalized spacial score (nSPS) is 22.7. The van der Waals surface area contributed by atoms with E-state index in [-0.39, 0.29) is 29.5 Å². The van der Waals surface area contributed by atoms with Gasteiger partial charge in [-0.2, -0.15) is 4.98 Å². The lowest BCUT2D eigenvalue weighted by molar-refractivity contribution is -0.135. The Morgan fingerprint density at radius 2 is 2.06 bits per heavy atom. The number of carbonyl (C=O) groups is 1. The van der Waals surface area contributed by atoms with Crippen LogP contribution in [-0.2, 0) is 21.2 Å². The van der Waals surface area contributed by atoms with Gasteiger partial charge >= 0.3 is 0 Å². The molecule has 4 rings (SSSR count). The zero-order chi connectivity index (χ0) is 23.3. The first kappa shape index (κ1) is 22.3. The highest BCUT2D eigenvalue weighted by Gasteiger charge is 2.57. The fraction of sp³-hybridized carbons (Fsp3) is 0.421. The van der Waals surface area contributed by atoms with Crippen LogP contribution in [0.3, 0.4) is 0 Å². The summed E-state index contributed by atoms with van der Waals surface area (Å²) in [6, 6.07) is 0.792. The molecule has 3 heterocycles. The van der Waals surface area contributed by atoms with E-state index in [1.165, 1.54) is 24.4 Å². The first-order valence-electron chi connectivity index (χ1n) is 9.51. The highest BCUT2D eigenvalue weighted by Crippen LogP contribution is 2.37. The second kappa shape index (κ2) is 7.89. The lowest BCUT2D eigenvalue weighted by Gasteiger charge is -2.28. The van der Waals surface area contributed by atoms with Crippen LogP contribution in [-0.4, -0.2) is 66.6 Å². The second-order valence-electron chi connectivity index (χ2n) is 7.64. The third kappa shape index (κ3) is 4.35. The van der Waals surface area contributed by atoms with E-state index in [1.54, 1.807) is 6.92 Å². The summed E-state index contributed by atoms with van der Waals surface area (Å²) in [4.78, 5) is 21.7. The maximum Gasteiger partial charge on any atom is 0.283 e. The van der Waals surface area contributed by atoms with Gasteiger partial charge in [-0.05, 0) is 25.0 Å². The predicted molar refractivity (Wildman–Crippen MR) is 105 cm³/mol.